The first-order valence-electron chi connectivity index (χ1n) is 6.88. The minimum atomic E-state index is 0.156. The smallest absolute Gasteiger partial charge is 0.229 e. The zero-order valence-electron chi connectivity index (χ0n) is 10.8. The van der Waals surface area contributed by atoms with Crippen molar-refractivity contribution in [3.8, 4) is 0 Å². The number of nitrogens with one attached hydrogen (secondary N) is 2. The molecule has 0 saturated carbocycles. The lowest BCUT2D eigenvalue weighted by Crippen LogP contribution is -2.24. The summed E-state index contributed by atoms with van der Waals surface area (Å²) in [7, 11) is 0. The number of amides is 1. The molecule has 1 aromatic rings. The van der Waals surface area contributed by atoms with E-state index in [9.17, 15) is 4.79 Å². The second kappa shape index (κ2) is 5.02. The summed E-state index contributed by atoms with van der Waals surface area (Å²) in [5.41, 5.74) is 2.82. The van der Waals surface area contributed by atoms with Crippen LogP contribution in [0.1, 0.15) is 35.3 Å². The van der Waals surface area contributed by atoms with E-state index in [1.807, 2.05) is 0 Å². The first-order chi connectivity index (χ1) is 8.75. The van der Waals surface area contributed by atoms with Crippen molar-refractivity contribution >= 4 is 22.2 Å². The third-order valence-electron chi connectivity index (χ3n) is 4.10. The van der Waals surface area contributed by atoms with Crippen LogP contribution in [-0.2, 0) is 17.6 Å². The molecule has 1 aromatic heterocycles. The fourth-order valence-electron chi connectivity index (χ4n) is 2.94. The topological polar surface area (TPSA) is 41.1 Å². The lowest BCUT2D eigenvalue weighted by molar-refractivity contribution is -0.119. The average molecular weight is 264 g/mol. The number of thiophene rings is 1. The molecule has 3 nitrogen and oxygen atoms in total. The Morgan fingerprint density at radius 3 is 2.94 bits per heavy atom. The van der Waals surface area contributed by atoms with Gasteiger partial charge in [0.1, 0.15) is 0 Å². The molecule has 1 aliphatic carbocycles. The molecule has 1 amide bonds. The van der Waals surface area contributed by atoms with E-state index in [0.717, 1.165) is 24.5 Å². The molecule has 18 heavy (non-hydrogen) atoms. The van der Waals surface area contributed by atoms with Gasteiger partial charge in [-0.15, -0.1) is 11.3 Å². The number of rotatable bonds is 2. The van der Waals surface area contributed by atoms with Gasteiger partial charge in [-0.1, -0.05) is 0 Å². The quantitative estimate of drug-likeness (QED) is 0.861. The van der Waals surface area contributed by atoms with Gasteiger partial charge in [0.25, 0.3) is 0 Å². The van der Waals surface area contributed by atoms with Crippen LogP contribution in [0.3, 0.4) is 0 Å². The Labute approximate surface area is 112 Å². The summed E-state index contributed by atoms with van der Waals surface area (Å²) in [6, 6.07) is 0. The summed E-state index contributed by atoms with van der Waals surface area (Å²) in [6.07, 6.45) is 5.95. The van der Waals surface area contributed by atoms with E-state index >= 15 is 0 Å². The molecule has 0 radical (unpaired) electrons. The zero-order chi connectivity index (χ0) is 12.5. The zero-order valence-corrected chi connectivity index (χ0v) is 11.7. The molecule has 1 fully saturated rings. The Morgan fingerprint density at radius 2 is 2.22 bits per heavy atom. The molecule has 0 bridgehead atoms. The molecule has 1 unspecified atom stereocenters. The molecule has 1 atom stereocenters. The van der Waals surface area contributed by atoms with E-state index in [2.05, 4.69) is 17.6 Å². The van der Waals surface area contributed by atoms with Crippen LogP contribution in [0.5, 0.6) is 0 Å². The SMILES string of the molecule is Cc1c(NC(=O)C2CCNC2)sc2c1CCCC2. The number of anilines is 1. The van der Waals surface area contributed by atoms with Gasteiger partial charge >= 0.3 is 0 Å². The Bertz CT molecular complexity index is 461. The van der Waals surface area contributed by atoms with Gasteiger partial charge in [0.15, 0.2) is 0 Å². The third kappa shape index (κ3) is 2.19. The molecule has 98 valence electrons. The van der Waals surface area contributed by atoms with Crippen LogP contribution in [-0.4, -0.2) is 19.0 Å². The van der Waals surface area contributed by atoms with Gasteiger partial charge in [-0.05, 0) is 56.7 Å². The Kier molecular flexibility index (Phi) is 3.39. The molecule has 0 aromatic carbocycles. The maximum absolute atomic E-state index is 12.1. The predicted octanol–water partition coefficient (Wildman–Crippen LogP) is 2.48. The molecule has 3 rings (SSSR count). The van der Waals surface area contributed by atoms with Gasteiger partial charge < -0.3 is 10.6 Å². The molecule has 4 heteroatoms. The molecule has 2 aliphatic rings. The highest BCUT2D eigenvalue weighted by molar-refractivity contribution is 7.16. The van der Waals surface area contributed by atoms with Crippen molar-refractivity contribution in [1.29, 1.82) is 0 Å². The summed E-state index contributed by atoms with van der Waals surface area (Å²) < 4.78 is 0. The number of carbonyl (C=O) groups excluding carboxylic acids is 1. The second-order valence-electron chi connectivity index (χ2n) is 5.34. The number of hydrogen-bond acceptors (Lipinski definition) is 3. The molecule has 2 N–H and O–H groups in total. The minimum absolute atomic E-state index is 0.156. The number of aryl methyl sites for hydroxylation is 1. The van der Waals surface area contributed by atoms with Gasteiger partial charge in [-0.25, -0.2) is 0 Å². The van der Waals surface area contributed by atoms with Crippen LogP contribution in [0.4, 0.5) is 5.00 Å². The van der Waals surface area contributed by atoms with E-state index in [0.29, 0.717) is 0 Å². The average Bonchev–Trinajstić information content (AvgIpc) is 3.00. The van der Waals surface area contributed by atoms with Crippen LogP contribution in [0.25, 0.3) is 0 Å². The van der Waals surface area contributed by atoms with Crippen molar-refractivity contribution in [2.24, 2.45) is 5.92 Å². The summed E-state index contributed by atoms with van der Waals surface area (Å²) in [4.78, 5) is 13.6. The Hall–Kier alpha value is -0.870. The van der Waals surface area contributed by atoms with E-state index in [1.165, 1.54) is 41.7 Å². The van der Waals surface area contributed by atoms with Gasteiger partial charge in [-0.2, -0.15) is 0 Å². The van der Waals surface area contributed by atoms with Gasteiger partial charge in [0, 0.05) is 11.4 Å². The van der Waals surface area contributed by atoms with Crippen LogP contribution in [0.15, 0.2) is 0 Å². The van der Waals surface area contributed by atoms with E-state index in [1.54, 1.807) is 11.3 Å². The molecular weight excluding hydrogens is 244 g/mol. The highest BCUT2D eigenvalue weighted by Gasteiger charge is 2.25. The molecule has 1 saturated heterocycles. The van der Waals surface area contributed by atoms with Crippen molar-refractivity contribution in [3.63, 3.8) is 0 Å². The fraction of sp³-hybridized carbons (Fsp3) is 0.643. The van der Waals surface area contributed by atoms with Crippen LogP contribution in [0.2, 0.25) is 0 Å². The Morgan fingerprint density at radius 1 is 1.39 bits per heavy atom. The highest BCUT2D eigenvalue weighted by atomic mass is 32.1. The van der Waals surface area contributed by atoms with Crippen molar-refractivity contribution in [1.82, 2.24) is 5.32 Å². The maximum atomic E-state index is 12.1. The summed E-state index contributed by atoms with van der Waals surface area (Å²) in [5.74, 6) is 0.352. The van der Waals surface area contributed by atoms with E-state index in [4.69, 9.17) is 0 Å². The number of hydrogen-bond donors (Lipinski definition) is 2. The van der Waals surface area contributed by atoms with Crippen molar-refractivity contribution in [2.75, 3.05) is 18.4 Å². The summed E-state index contributed by atoms with van der Waals surface area (Å²) in [6.45, 7) is 3.96. The number of fused-ring (bicyclic) bond motifs is 1. The molecule has 2 heterocycles. The first kappa shape index (κ1) is 12.2. The molecular formula is C14H20N2OS. The normalized spacial score (nSPS) is 22.8. The molecule has 0 spiro atoms. The standard InChI is InChI=1S/C14H20N2OS/c1-9-11-4-2-3-5-12(11)18-14(9)16-13(17)10-6-7-15-8-10/h10,15H,2-8H2,1H3,(H,16,17). The highest BCUT2D eigenvalue weighted by Crippen LogP contribution is 2.37. The fourth-order valence-corrected chi connectivity index (χ4v) is 4.23. The first-order valence-corrected chi connectivity index (χ1v) is 7.70. The number of carbonyl (C=O) groups is 1. The van der Waals surface area contributed by atoms with Crippen LogP contribution < -0.4 is 10.6 Å². The Balaban J connectivity index is 1.76. The maximum Gasteiger partial charge on any atom is 0.229 e. The predicted molar refractivity (Wildman–Crippen MR) is 75.3 cm³/mol. The monoisotopic (exact) mass is 264 g/mol. The lowest BCUT2D eigenvalue weighted by atomic mass is 9.96. The summed E-state index contributed by atoms with van der Waals surface area (Å²) >= 11 is 1.80. The largest absolute Gasteiger partial charge is 0.317 e. The van der Waals surface area contributed by atoms with Crippen LogP contribution in [0, 0.1) is 12.8 Å². The van der Waals surface area contributed by atoms with Gasteiger partial charge in [0.05, 0.1) is 10.9 Å². The second-order valence-corrected chi connectivity index (χ2v) is 6.45. The van der Waals surface area contributed by atoms with Crippen molar-refractivity contribution in [3.05, 3.63) is 16.0 Å². The third-order valence-corrected chi connectivity index (χ3v) is 5.41. The summed E-state index contributed by atoms with van der Waals surface area (Å²) in [5, 5.41) is 7.49. The van der Waals surface area contributed by atoms with E-state index in [-0.39, 0.29) is 11.8 Å². The van der Waals surface area contributed by atoms with E-state index < -0.39 is 0 Å². The van der Waals surface area contributed by atoms with Crippen molar-refractivity contribution < 1.29 is 4.79 Å². The van der Waals surface area contributed by atoms with Crippen molar-refractivity contribution in [2.45, 2.75) is 39.0 Å². The van der Waals surface area contributed by atoms with Crippen LogP contribution >= 0.6 is 11.3 Å². The van der Waals surface area contributed by atoms with Gasteiger partial charge in [0.2, 0.25) is 5.91 Å². The minimum Gasteiger partial charge on any atom is -0.317 e. The lowest BCUT2D eigenvalue weighted by Gasteiger charge is -2.11. The molecule has 1 aliphatic heterocycles. The van der Waals surface area contributed by atoms with Gasteiger partial charge in [-0.3, -0.25) is 4.79 Å².